The lowest BCUT2D eigenvalue weighted by Crippen LogP contribution is -2.42. The van der Waals surface area contributed by atoms with Crippen LogP contribution in [0.4, 0.5) is 5.82 Å². The first kappa shape index (κ1) is 18.8. The number of nitrogens with zero attached hydrogens (tertiary/aromatic N) is 3. The number of anilines is 1. The molecule has 0 spiro atoms. The van der Waals surface area contributed by atoms with Crippen LogP contribution in [0.5, 0.6) is 0 Å². The summed E-state index contributed by atoms with van der Waals surface area (Å²) >= 11 is 0. The van der Waals surface area contributed by atoms with E-state index in [9.17, 15) is 14.7 Å². The van der Waals surface area contributed by atoms with E-state index in [1.807, 2.05) is 31.2 Å². The fourth-order valence-corrected chi connectivity index (χ4v) is 3.51. The standard InChI is InChI=1S/C20H24N4O3/c1-14-4-2-3-5-16(14)17(12-19(25)26)23-20(27)15-6-10-24(11-7-15)18-13-21-8-9-22-18/h2-5,8-9,13,15,17H,6-7,10-12H2,1H3,(H,23,27)(H,25,26)/t17-/m1/s1. The van der Waals surface area contributed by atoms with Crippen LogP contribution in [-0.4, -0.2) is 40.0 Å². The van der Waals surface area contributed by atoms with Gasteiger partial charge in [0.2, 0.25) is 5.91 Å². The molecule has 0 bridgehead atoms. The lowest BCUT2D eigenvalue weighted by Gasteiger charge is -2.32. The number of rotatable bonds is 6. The molecule has 1 amide bonds. The van der Waals surface area contributed by atoms with Crippen molar-refractivity contribution < 1.29 is 14.7 Å². The van der Waals surface area contributed by atoms with Crippen molar-refractivity contribution in [1.82, 2.24) is 15.3 Å². The average molecular weight is 368 g/mol. The van der Waals surface area contributed by atoms with E-state index in [2.05, 4.69) is 20.2 Å². The second-order valence-electron chi connectivity index (χ2n) is 6.84. The van der Waals surface area contributed by atoms with E-state index in [1.165, 1.54) is 0 Å². The molecule has 7 heteroatoms. The van der Waals surface area contributed by atoms with E-state index in [0.717, 1.165) is 30.0 Å². The summed E-state index contributed by atoms with van der Waals surface area (Å²) in [6.45, 7) is 3.38. The van der Waals surface area contributed by atoms with Gasteiger partial charge in [0.25, 0.3) is 0 Å². The van der Waals surface area contributed by atoms with Crippen LogP contribution < -0.4 is 10.2 Å². The zero-order valence-electron chi connectivity index (χ0n) is 15.3. The second kappa shape index (κ2) is 8.62. The number of carbonyl (C=O) groups is 2. The Bertz CT molecular complexity index is 789. The Hall–Kier alpha value is -2.96. The van der Waals surface area contributed by atoms with Gasteiger partial charge >= 0.3 is 5.97 Å². The number of aryl methyl sites for hydroxylation is 1. The van der Waals surface area contributed by atoms with Gasteiger partial charge in [-0.25, -0.2) is 4.98 Å². The number of amides is 1. The molecule has 2 N–H and O–H groups in total. The summed E-state index contributed by atoms with van der Waals surface area (Å²) in [5, 5.41) is 12.2. The molecule has 2 heterocycles. The highest BCUT2D eigenvalue weighted by Crippen LogP contribution is 2.25. The van der Waals surface area contributed by atoms with Crippen LogP contribution in [0.25, 0.3) is 0 Å². The molecule has 1 atom stereocenters. The minimum atomic E-state index is -0.930. The molecule has 2 aromatic rings. The SMILES string of the molecule is Cc1ccccc1[C@@H](CC(=O)O)NC(=O)C1CCN(c2cnccn2)CC1. The van der Waals surface area contributed by atoms with E-state index < -0.39 is 12.0 Å². The molecule has 7 nitrogen and oxygen atoms in total. The first-order valence-electron chi connectivity index (χ1n) is 9.13. The number of nitrogens with one attached hydrogen (secondary N) is 1. The predicted molar refractivity (Wildman–Crippen MR) is 101 cm³/mol. The van der Waals surface area contributed by atoms with Crippen LogP contribution in [-0.2, 0) is 9.59 Å². The zero-order chi connectivity index (χ0) is 19.2. The number of carbonyl (C=O) groups excluding carboxylic acids is 1. The molecule has 0 aliphatic carbocycles. The lowest BCUT2D eigenvalue weighted by molar-refractivity contribution is -0.138. The summed E-state index contributed by atoms with van der Waals surface area (Å²) < 4.78 is 0. The first-order valence-corrected chi connectivity index (χ1v) is 9.13. The van der Waals surface area contributed by atoms with Gasteiger partial charge in [0.05, 0.1) is 18.7 Å². The van der Waals surface area contributed by atoms with E-state index in [0.29, 0.717) is 12.8 Å². The molecule has 1 saturated heterocycles. The van der Waals surface area contributed by atoms with Gasteiger partial charge in [-0.1, -0.05) is 24.3 Å². The van der Waals surface area contributed by atoms with Crippen molar-refractivity contribution in [3.63, 3.8) is 0 Å². The Labute approximate surface area is 158 Å². The molecule has 3 rings (SSSR count). The van der Waals surface area contributed by atoms with Crippen LogP contribution in [0.15, 0.2) is 42.9 Å². The highest BCUT2D eigenvalue weighted by Gasteiger charge is 2.28. The summed E-state index contributed by atoms with van der Waals surface area (Å²) in [7, 11) is 0. The Morgan fingerprint density at radius 2 is 2.00 bits per heavy atom. The van der Waals surface area contributed by atoms with Crippen molar-refractivity contribution in [1.29, 1.82) is 0 Å². The second-order valence-corrected chi connectivity index (χ2v) is 6.84. The maximum atomic E-state index is 12.8. The van der Waals surface area contributed by atoms with Crippen molar-refractivity contribution >= 4 is 17.7 Å². The fourth-order valence-electron chi connectivity index (χ4n) is 3.51. The molecule has 1 aliphatic rings. The van der Waals surface area contributed by atoms with Crippen molar-refractivity contribution in [3.8, 4) is 0 Å². The summed E-state index contributed by atoms with van der Waals surface area (Å²) in [6.07, 6.45) is 6.30. The van der Waals surface area contributed by atoms with Gasteiger partial charge in [0.15, 0.2) is 0 Å². The summed E-state index contributed by atoms with van der Waals surface area (Å²) in [4.78, 5) is 34.6. The van der Waals surface area contributed by atoms with E-state index in [4.69, 9.17) is 0 Å². The van der Waals surface area contributed by atoms with Crippen molar-refractivity contribution in [2.24, 2.45) is 5.92 Å². The molecule has 0 unspecified atom stereocenters. The number of benzene rings is 1. The molecule has 1 fully saturated rings. The molecule has 1 aromatic carbocycles. The first-order chi connectivity index (χ1) is 13.0. The van der Waals surface area contributed by atoms with Gasteiger partial charge in [-0.3, -0.25) is 14.6 Å². The van der Waals surface area contributed by atoms with Crippen molar-refractivity contribution in [3.05, 3.63) is 54.0 Å². The normalized spacial score (nSPS) is 16.0. The number of hydrogen-bond donors (Lipinski definition) is 2. The van der Waals surface area contributed by atoms with Gasteiger partial charge in [-0.15, -0.1) is 0 Å². The van der Waals surface area contributed by atoms with Gasteiger partial charge in [-0.05, 0) is 30.9 Å². The molecule has 0 saturated carbocycles. The molecule has 1 aromatic heterocycles. The quantitative estimate of drug-likeness (QED) is 0.813. The highest BCUT2D eigenvalue weighted by molar-refractivity contribution is 5.80. The van der Waals surface area contributed by atoms with Gasteiger partial charge in [0.1, 0.15) is 5.82 Å². The molecule has 0 radical (unpaired) electrons. The number of hydrogen-bond acceptors (Lipinski definition) is 5. The van der Waals surface area contributed by atoms with Crippen LogP contribution >= 0.6 is 0 Å². The third kappa shape index (κ3) is 4.81. The molecule has 27 heavy (non-hydrogen) atoms. The van der Waals surface area contributed by atoms with E-state index in [-0.39, 0.29) is 18.2 Å². The van der Waals surface area contributed by atoms with Crippen molar-refractivity contribution in [2.75, 3.05) is 18.0 Å². The van der Waals surface area contributed by atoms with Crippen LogP contribution in [0, 0.1) is 12.8 Å². The van der Waals surface area contributed by atoms with Gasteiger partial charge in [-0.2, -0.15) is 0 Å². The third-order valence-electron chi connectivity index (χ3n) is 5.00. The molecule has 142 valence electrons. The minimum absolute atomic E-state index is 0.0803. The summed E-state index contributed by atoms with van der Waals surface area (Å²) in [5.74, 6) is -0.317. The van der Waals surface area contributed by atoms with E-state index >= 15 is 0 Å². The smallest absolute Gasteiger partial charge is 0.305 e. The zero-order valence-corrected chi connectivity index (χ0v) is 15.3. The summed E-state index contributed by atoms with van der Waals surface area (Å²) in [5.41, 5.74) is 1.83. The Kier molecular flexibility index (Phi) is 6.01. The fraction of sp³-hybridized carbons (Fsp3) is 0.400. The highest BCUT2D eigenvalue weighted by atomic mass is 16.4. The number of aromatic nitrogens is 2. The number of piperidine rings is 1. The monoisotopic (exact) mass is 368 g/mol. The van der Waals surface area contributed by atoms with E-state index in [1.54, 1.807) is 18.6 Å². The molecular formula is C20H24N4O3. The van der Waals surface area contributed by atoms with Gasteiger partial charge < -0.3 is 15.3 Å². The Morgan fingerprint density at radius 1 is 1.26 bits per heavy atom. The van der Waals surface area contributed by atoms with Crippen molar-refractivity contribution in [2.45, 2.75) is 32.2 Å². The maximum absolute atomic E-state index is 12.8. The van der Waals surface area contributed by atoms with Crippen LogP contribution in [0.3, 0.4) is 0 Å². The van der Waals surface area contributed by atoms with Gasteiger partial charge in [0, 0.05) is 31.4 Å². The van der Waals surface area contributed by atoms with Crippen LogP contribution in [0.2, 0.25) is 0 Å². The average Bonchev–Trinajstić information content (AvgIpc) is 2.68. The predicted octanol–water partition coefficient (Wildman–Crippen LogP) is 2.33. The number of aliphatic carboxylic acids is 1. The summed E-state index contributed by atoms with van der Waals surface area (Å²) in [6, 6.07) is 7.05. The Morgan fingerprint density at radius 3 is 2.63 bits per heavy atom. The maximum Gasteiger partial charge on any atom is 0.305 e. The molecular weight excluding hydrogens is 344 g/mol. The lowest BCUT2D eigenvalue weighted by atomic mass is 9.93. The number of carboxylic acids is 1. The molecule has 1 aliphatic heterocycles. The topological polar surface area (TPSA) is 95.4 Å². The third-order valence-corrected chi connectivity index (χ3v) is 5.00. The largest absolute Gasteiger partial charge is 0.481 e. The van der Waals surface area contributed by atoms with Crippen LogP contribution in [0.1, 0.15) is 36.4 Å². The number of carboxylic acid groups (broad SMARTS) is 1. The minimum Gasteiger partial charge on any atom is -0.481 e. The Balaban J connectivity index is 1.63.